The van der Waals surface area contributed by atoms with Crippen molar-refractivity contribution in [1.82, 2.24) is 15.2 Å². The van der Waals surface area contributed by atoms with Crippen LogP contribution in [0.15, 0.2) is 18.3 Å². The van der Waals surface area contributed by atoms with Gasteiger partial charge in [-0.2, -0.15) is 0 Å². The summed E-state index contributed by atoms with van der Waals surface area (Å²) in [6.07, 6.45) is 1.72. The number of likely N-dealkylation sites (tertiary alicyclic amines) is 1. The molecule has 4 nitrogen and oxygen atoms in total. The molecule has 1 aromatic heterocycles. The minimum absolute atomic E-state index is 0.0670. The molecule has 4 heteroatoms. The zero-order valence-electron chi connectivity index (χ0n) is 11.8. The van der Waals surface area contributed by atoms with E-state index in [0.717, 1.165) is 30.9 Å². The number of nitrogens with zero attached hydrogens (tertiary/aromatic N) is 2. The molecule has 19 heavy (non-hydrogen) atoms. The molecule has 0 aliphatic carbocycles. The van der Waals surface area contributed by atoms with Crippen molar-refractivity contribution < 1.29 is 4.79 Å². The smallest absolute Gasteiger partial charge is 0.254 e. The van der Waals surface area contributed by atoms with Crippen LogP contribution in [0.2, 0.25) is 0 Å². The summed E-state index contributed by atoms with van der Waals surface area (Å²) in [6.45, 7) is 9.23. The largest absolute Gasteiger partial charge is 0.333 e. The van der Waals surface area contributed by atoms with Crippen molar-refractivity contribution in [2.24, 2.45) is 11.8 Å². The van der Waals surface area contributed by atoms with Crippen molar-refractivity contribution >= 4 is 5.91 Å². The van der Waals surface area contributed by atoms with Gasteiger partial charge in [0.15, 0.2) is 0 Å². The summed E-state index contributed by atoms with van der Waals surface area (Å²) in [5.74, 6) is 1.31. The lowest BCUT2D eigenvalue weighted by molar-refractivity contribution is 0.0603. The highest BCUT2D eigenvalue weighted by Gasteiger charge is 2.51. The molecule has 2 atom stereocenters. The number of hydrogen-bond acceptors (Lipinski definition) is 3. The molecule has 0 radical (unpaired) electrons. The molecule has 2 unspecified atom stereocenters. The highest BCUT2D eigenvalue weighted by molar-refractivity contribution is 5.95. The Kier molecular flexibility index (Phi) is 2.86. The number of fused-ring (bicyclic) bond motifs is 1. The van der Waals surface area contributed by atoms with Crippen molar-refractivity contribution in [3.8, 4) is 0 Å². The zero-order valence-corrected chi connectivity index (χ0v) is 11.8. The SMILES string of the molecule is Cc1cc(C(=O)N2CC3CNCC3C2(C)C)ccn1. The van der Waals surface area contributed by atoms with Crippen molar-refractivity contribution in [3.05, 3.63) is 29.6 Å². The summed E-state index contributed by atoms with van der Waals surface area (Å²) in [5, 5.41) is 3.44. The van der Waals surface area contributed by atoms with Gasteiger partial charge in [0.25, 0.3) is 5.91 Å². The fourth-order valence-electron chi connectivity index (χ4n) is 3.60. The predicted octanol–water partition coefficient (Wildman–Crippen LogP) is 1.46. The van der Waals surface area contributed by atoms with E-state index in [1.165, 1.54) is 0 Å². The van der Waals surface area contributed by atoms with Crippen LogP contribution in [0.25, 0.3) is 0 Å². The second-order valence-corrected chi connectivity index (χ2v) is 6.28. The minimum atomic E-state index is -0.0670. The van der Waals surface area contributed by atoms with Crippen LogP contribution in [0.3, 0.4) is 0 Å². The highest BCUT2D eigenvalue weighted by Crippen LogP contribution is 2.41. The summed E-state index contributed by atoms with van der Waals surface area (Å²) < 4.78 is 0. The Morgan fingerprint density at radius 1 is 1.47 bits per heavy atom. The van der Waals surface area contributed by atoms with E-state index in [-0.39, 0.29) is 11.4 Å². The first-order valence-corrected chi connectivity index (χ1v) is 6.95. The molecule has 2 aliphatic rings. The number of aromatic nitrogens is 1. The molecular weight excluding hydrogens is 238 g/mol. The molecule has 2 aliphatic heterocycles. The third kappa shape index (κ3) is 1.94. The van der Waals surface area contributed by atoms with Gasteiger partial charge in [-0.1, -0.05) is 0 Å². The topological polar surface area (TPSA) is 45.2 Å². The molecule has 0 saturated carbocycles. The average molecular weight is 259 g/mol. The summed E-state index contributed by atoms with van der Waals surface area (Å²) in [4.78, 5) is 18.9. The van der Waals surface area contributed by atoms with E-state index in [2.05, 4.69) is 29.0 Å². The lowest BCUT2D eigenvalue weighted by Crippen LogP contribution is -2.47. The molecule has 0 aromatic carbocycles. The maximum Gasteiger partial charge on any atom is 0.254 e. The number of rotatable bonds is 1. The van der Waals surface area contributed by atoms with E-state index in [9.17, 15) is 4.79 Å². The monoisotopic (exact) mass is 259 g/mol. The molecule has 2 saturated heterocycles. The third-order valence-corrected chi connectivity index (χ3v) is 4.75. The predicted molar refractivity (Wildman–Crippen MR) is 73.9 cm³/mol. The van der Waals surface area contributed by atoms with E-state index < -0.39 is 0 Å². The first kappa shape index (κ1) is 12.6. The van der Waals surface area contributed by atoms with Gasteiger partial charge < -0.3 is 10.2 Å². The molecule has 3 heterocycles. The minimum Gasteiger partial charge on any atom is -0.333 e. The molecule has 1 aromatic rings. The van der Waals surface area contributed by atoms with E-state index in [0.29, 0.717) is 11.8 Å². The number of amides is 1. The molecule has 0 spiro atoms. The molecule has 0 bridgehead atoms. The van der Waals surface area contributed by atoms with Gasteiger partial charge >= 0.3 is 0 Å². The Morgan fingerprint density at radius 2 is 2.26 bits per heavy atom. The summed E-state index contributed by atoms with van der Waals surface area (Å²) in [5.41, 5.74) is 1.58. The van der Waals surface area contributed by atoms with Crippen LogP contribution in [0, 0.1) is 18.8 Å². The summed E-state index contributed by atoms with van der Waals surface area (Å²) in [7, 11) is 0. The van der Waals surface area contributed by atoms with Gasteiger partial charge in [-0.25, -0.2) is 0 Å². The van der Waals surface area contributed by atoms with Crippen LogP contribution in [-0.4, -0.2) is 41.0 Å². The first-order chi connectivity index (χ1) is 9.00. The van der Waals surface area contributed by atoms with Crippen molar-refractivity contribution in [1.29, 1.82) is 0 Å². The van der Waals surface area contributed by atoms with Crippen LogP contribution in [0.5, 0.6) is 0 Å². The summed E-state index contributed by atoms with van der Waals surface area (Å²) >= 11 is 0. The number of hydrogen-bond donors (Lipinski definition) is 1. The fraction of sp³-hybridized carbons (Fsp3) is 0.600. The Bertz CT molecular complexity index is 512. The number of carbonyl (C=O) groups is 1. The van der Waals surface area contributed by atoms with Crippen LogP contribution >= 0.6 is 0 Å². The third-order valence-electron chi connectivity index (χ3n) is 4.75. The number of aryl methyl sites for hydroxylation is 1. The van der Waals surface area contributed by atoms with Crippen LogP contribution in [0.1, 0.15) is 29.9 Å². The van der Waals surface area contributed by atoms with E-state index in [1.807, 2.05) is 19.1 Å². The lowest BCUT2D eigenvalue weighted by atomic mass is 9.84. The van der Waals surface area contributed by atoms with E-state index in [1.54, 1.807) is 6.20 Å². The molecule has 1 N–H and O–H groups in total. The zero-order chi connectivity index (χ0) is 13.6. The van der Waals surface area contributed by atoms with Crippen LogP contribution < -0.4 is 5.32 Å². The molecule has 102 valence electrons. The van der Waals surface area contributed by atoms with E-state index in [4.69, 9.17) is 0 Å². The maximum atomic E-state index is 12.7. The van der Waals surface area contributed by atoms with Gasteiger partial charge in [-0.05, 0) is 44.7 Å². The first-order valence-electron chi connectivity index (χ1n) is 6.95. The van der Waals surface area contributed by atoms with Gasteiger partial charge in [0, 0.05) is 42.6 Å². The standard InChI is InChI=1S/C15H21N3O/c1-10-6-11(4-5-17-10)14(19)18-9-12-7-16-8-13(12)15(18,2)3/h4-6,12-13,16H,7-9H2,1-3H3. The number of nitrogens with one attached hydrogen (secondary N) is 1. The van der Waals surface area contributed by atoms with Crippen LogP contribution in [-0.2, 0) is 0 Å². The van der Waals surface area contributed by atoms with Crippen molar-refractivity contribution in [2.45, 2.75) is 26.3 Å². The average Bonchev–Trinajstić information content (AvgIpc) is 2.91. The Labute approximate surface area is 114 Å². The second-order valence-electron chi connectivity index (χ2n) is 6.28. The lowest BCUT2D eigenvalue weighted by Gasteiger charge is -2.35. The molecule has 1 amide bonds. The van der Waals surface area contributed by atoms with E-state index >= 15 is 0 Å². The molecule has 3 rings (SSSR count). The van der Waals surface area contributed by atoms with Gasteiger partial charge in [-0.15, -0.1) is 0 Å². The van der Waals surface area contributed by atoms with Crippen molar-refractivity contribution in [3.63, 3.8) is 0 Å². The Morgan fingerprint density at radius 3 is 2.95 bits per heavy atom. The van der Waals surface area contributed by atoms with Gasteiger partial charge in [0.2, 0.25) is 0 Å². The van der Waals surface area contributed by atoms with Crippen molar-refractivity contribution in [2.75, 3.05) is 19.6 Å². The fourth-order valence-corrected chi connectivity index (χ4v) is 3.60. The number of carbonyl (C=O) groups excluding carboxylic acids is 1. The second kappa shape index (κ2) is 4.30. The summed E-state index contributed by atoms with van der Waals surface area (Å²) in [6, 6.07) is 3.70. The normalized spacial score (nSPS) is 28.5. The van der Waals surface area contributed by atoms with Gasteiger partial charge in [0.05, 0.1) is 0 Å². The highest BCUT2D eigenvalue weighted by atomic mass is 16.2. The Balaban J connectivity index is 1.88. The Hall–Kier alpha value is -1.42. The molecule has 2 fully saturated rings. The van der Waals surface area contributed by atoms with Gasteiger partial charge in [0.1, 0.15) is 0 Å². The quantitative estimate of drug-likeness (QED) is 0.830. The van der Waals surface area contributed by atoms with Gasteiger partial charge in [-0.3, -0.25) is 9.78 Å². The molecular formula is C15H21N3O. The van der Waals surface area contributed by atoms with Crippen LogP contribution in [0.4, 0.5) is 0 Å². The maximum absolute atomic E-state index is 12.7. The number of pyridine rings is 1.